The van der Waals surface area contributed by atoms with Crippen molar-refractivity contribution in [3.8, 4) is 11.6 Å². The Morgan fingerprint density at radius 2 is 1.78 bits per heavy atom. The molecular weight excluding hydrogens is 228 g/mol. The summed E-state index contributed by atoms with van der Waals surface area (Å²) in [6.07, 6.45) is 0. The van der Waals surface area contributed by atoms with Crippen LogP contribution in [-0.2, 0) is 6.54 Å². The van der Waals surface area contributed by atoms with Crippen molar-refractivity contribution in [3.63, 3.8) is 0 Å². The van der Waals surface area contributed by atoms with Gasteiger partial charge < -0.3 is 14.8 Å². The molecule has 2 aromatic rings. The zero-order valence-electron chi connectivity index (χ0n) is 10.5. The fourth-order valence-corrected chi connectivity index (χ4v) is 1.56. The van der Waals surface area contributed by atoms with Gasteiger partial charge in [-0.25, -0.2) is 0 Å². The summed E-state index contributed by atoms with van der Waals surface area (Å²) in [5, 5.41) is 3.24. The summed E-state index contributed by atoms with van der Waals surface area (Å²) >= 11 is 0. The Kier molecular flexibility index (Phi) is 4.02. The van der Waals surface area contributed by atoms with Crippen LogP contribution in [0.5, 0.6) is 11.6 Å². The molecule has 0 aliphatic heterocycles. The topological polar surface area (TPSA) is 43.4 Å². The summed E-state index contributed by atoms with van der Waals surface area (Å²) < 4.78 is 10.2. The molecule has 4 heteroatoms. The van der Waals surface area contributed by atoms with Crippen molar-refractivity contribution in [3.05, 3.63) is 48.0 Å². The minimum absolute atomic E-state index is 0.606. The lowest BCUT2D eigenvalue weighted by atomic mass is 10.2. The predicted molar refractivity (Wildman–Crippen MR) is 71.1 cm³/mol. The molecule has 0 radical (unpaired) electrons. The van der Waals surface area contributed by atoms with Crippen LogP contribution in [0.25, 0.3) is 0 Å². The van der Waals surface area contributed by atoms with E-state index in [9.17, 15) is 0 Å². The molecule has 1 aromatic heterocycles. The Balaban J connectivity index is 1.97. The van der Waals surface area contributed by atoms with E-state index in [-0.39, 0.29) is 0 Å². The highest BCUT2D eigenvalue weighted by molar-refractivity contribution is 5.38. The van der Waals surface area contributed by atoms with E-state index in [1.165, 1.54) is 5.56 Å². The van der Waals surface area contributed by atoms with E-state index in [2.05, 4.69) is 10.3 Å². The number of ether oxygens (including phenoxy) is 2. The van der Waals surface area contributed by atoms with E-state index in [4.69, 9.17) is 9.47 Å². The average Bonchev–Trinajstić information content (AvgIpc) is 2.46. The van der Waals surface area contributed by atoms with Crippen molar-refractivity contribution in [1.82, 2.24) is 4.98 Å². The number of nitrogens with zero attached hydrogens (tertiary/aromatic N) is 1. The van der Waals surface area contributed by atoms with Crippen LogP contribution in [-0.4, -0.2) is 19.2 Å². The maximum Gasteiger partial charge on any atom is 0.214 e. The van der Waals surface area contributed by atoms with Gasteiger partial charge >= 0.3 is 0 Å². The second-order valence-electron chi connectivity index (χ2n) is 3.77. The quantitative estimate of drug-likeness (QED) is 0.878. The van der Waals surface area contributed by atoms with Crippen LogP contribution in [0.15, 0.2) is 42.5 Å². The first-order valence-electron chi connectivity index (χ1n) is 5.69. The van der Waals surface area contributed by atoms with Gasteiger partial charge in [0.1, 0.15) is 11.6 Å². The molecule has 0 aliphatic rings. The Morgan fingerprint density at radius 1 is 1.00 bits per heavy atom. The van der Waals surface area contributed by atoms with E-state index in [1.54, 1.807) is 14.2 Å². The molecule has 1 aromatic carbocycles. The van der Waals surface area contributed by atoms with Crippen molar-refractivity contribution < 1.29 is 9.47 Å². The predicted octanol–water partition coefficient (Wildman–Crippen LogP) is 2.71. The van der Waals surface area contributed by atoms with Crippen LogP contribution in [0.2, 0.25) is 0 Å². The number of nitrogens with one attached hydrogen (secondary N) is 1. The first-order chi connectivity index (χ1) is 8.81. The molecular formula is C14H16N2O2. The molecule has 0 saturated carbocycles. The van der Waals surface area contributed by atoms with Crippen molar-refractivity contribution in [1.29, 1.82) is 0 Å². The van der Waals surface area contributed by atoms with Gasteiger partial charge in [0.05, 0.1) is 14.2 Å². The Hall–Kier alpha value is -2.23. The smallest absolute Gasteiger partial charge is 0.214 e. The third kappa shape index (κ3) is 3.13. The maximum atomic E-state index is 5.11. The largest absolute Gasteiger partial charge is 0.497 e. The van der Waals surface area contributed by atoms with E-state index >= 15 is 0 Å². The van der Waals surface area contributed by atoms with Crippen molar-refractivity contribution in [2.75, 3.05) is 19.5 Å². The van der Waals surface area contributed by atoms with Gasteiger partial charge in [-0.2, -0.15) is 4.98 Å². The molecule has 2 rings (SSSR count). The van der Waals surface area contributed by atoms with E-state index in [0.717, 1.165) is 11.6 Å². The first kappa shape index (κ1) is 12.2. The van der Waals surface area contributed by atoms with Gasteiger partial charge in [-0.1, -0.05) is 18.2 Å². The number of benzene rings is 1. The molecule has 0 aliphatic carbocycles. The average molecular weight is 244 g/mol. The zero-order valence-corrected chi connectivity index (χ0v) is 10.5. The van der Waals surface area contributed by atoms with Gasteiger partial charge in [0.2, 0.25) is 5.88 Å². The standard InChI is InChI=1S/C14H16N2O2/c1-17-12-8-6-11(7-9-12)10-15-13-4-3-5-14(16-13)18-2/h3-9H,10H2,1-2H3,(H,15,16). The molecule has 94 valence electrons. The number of anilines is 1. The lowest BCUT2D eigenvalue weighted by molar-refractivity contribution is 0.398. The molecule has 18 heavy (non-hydrogen) atoms. The molecule has 0 bridgehead atoms. The van der Waals surface area contributed by atoms with Crippen LogP contribution in [0.3, 0.4) is 0 Å². The Bertz CT molecular complexity index is 497. The van der Waals surface area contributed by atoms with Gasteiger partial charge in [-0.15, -0.1) is 0 Å². The summed E-state index contributed by atoms with van der Waals surface area (Å²) in [5.41, 5.74) is 1.17. The van der Waals surface area contributed by atoms with Gasteiger partial charge in [0.15, 0.2) is 0 Å². The van der Waals surface area contributed by atoms with Crippen LogP contribution in [0.4, 0.5) is 5.82 Å². The van der Waals surface area contributed by atoms with Crippen molar-refractivity contribution in [2.24, 2.45) is 0 Å². The third-order valence-electron chi connectivity index (χ3n) is 2.57. The van der Waals surface area contributed by atoms with Crippen LogP contribution in [0.1, 0.15) is 5.56 Å². The van der Waals surface area contributed by atoms with Crippen LogP contribution < -0.4 is 14.8 Å². The van der Waals surface area contributed by atoms with Gasteiger partial charge in [-0.3, -0.25) is 0 Å². The third-order valence-corrected chi connectivity index (χ3v) is 2.57. The fourth-order valence-electron chi connectivity index (χ4n) is 1.56. The highest BCUT2D eigenvalue weighted by Gasteiger charge is 1.98. The maximum absolute atomic E-state index is 5.11. The number of methoxy groups -OCH3 is 2. The number of pyridine rings is 1. The summed E-state index contributed by atoms with van der Waals surface area (Å²) in [5.74, 6) is 2.26. The molecule has 1 N–H and O–H groups in total. The summed E-state index contributed by atoms with van der Waals surface area (Å²) in [6, 6.07) is 13.6. The molecule has 0 atom stereocenters. The second kappa shape index (κ2) is 5.91. The van der Waals surface area contributed by atoms with Crippen molar-refractivity contribution in [2.45, 2.75) is 6.54 Å². The monoisotopic (exact) mass is 244 g/mol. The van der Waals surface area contributed by atoms with Crippen LogP contribution in [0, 0.1) is 0 Å². The van der Waals surface area contributed by atoms with Gasteiger partial charge in [-0.05, 0) is 23.8 Å². The van der Waals surface area contributed by atoms with Gasteiger partial charge in [0.25, 0.3) is 0 Å². The van der Waals surface area contributed by atoms with E-state index in [1.807, 2.05) is 42.5 Å². The highest BCUT2D eigenvalue weighted by Crippen LogP contribution is 2.14. The molecule has 4 nitrogen and oxygen atoms in total. The lowest BCUT2D eigenvalue weighted by Crippen LogP contribution is -2.01. The molecule has 0 saturated heterocycles. The summed E-state index contributed by atoms with van der Waals surface area (Å²) in [7, 11) is 3.27. The minimum Gasteiger partial charge on any atom is -0.497 e. The van der Waals surface area contributed by atoms with E-state index in [0.29, 0.717) is 12.4 Å². The second-order valence-corrected chi connectivity index (χ2v) is 3.77. The van der Waals surface area contributed by atoms with Gasteiger partial charge in [0, 0.05) is 12.6 Å². The molecule has 1 heterocycles. The molecule has 0 fully saturated rings. The van der Waals surface area contributed by atoms with Crippen LogP contribution >= 0.6 is 0 Å². The first-order valence-corrected chi connectivity index (χ1v) is 5.69. The SMILES string of the molecule is COc1ccc(CNc2cccc(OC)n2)cc1. The molecule has 0 unspecified atom stereocenters. The fraction of sp³-hybridized carbons (Fsp3) is 0.214. The highest BCUT2D eigenvalue weighted by atomic mass is 16.5. The minimum atomic E-state index is 0.606. The number of hydrogen-bond donors (Lipinski definition) is 1. The molecule has 0 amide bonds. The Morgan fingerprint density at radius 3 is 2.44 bits per heavy atom. The number of hydrogen-bond acceptors (Lipinski definition) is 4. The van der Waals surface area contributed by atoms with E-state index < -0.39 is 0 Å². The lowest BCUT2D eigenvalue weighted by Gasteiger charge is -2.07. The number of rotatable bonds is 5. The Labute approximate surface area is 107 Å². The number of aromatic nitrogens is 1. The van der Waals surface area contributed by atoms with Crippen molar-refractivity contribution >= 4 is 5.82 Å². The molecule has 0 spiro atoms. The zero-order chi connectivity index (χ0) is 12.8. The normalized spacial score (nSPS) is 9.89. The summed E-state index contributed by atoms with van der Waals surface area (Å²) in [4.78, 5) is 4.28. The summed E-state index contributed by atoms with van der Waals surface area (Å²) in [6.45, 7) is 0.712.